The molecule has 0 aliphatic rings. The van der Waals surface area contributed by atoms with Crippen LogP contribution in [-0.2, 0) is 6.61 Å². The highest BCUT2D eigenvalue weighted by molar-refractivity contribution is 6.36. The van der Waals surface area contributed by atoms with E-state index in [2.05, 4.69) is 5.10 Å². The van der Waals surface area contributed by atoms with E-state index in [0.717, 1.165) is 23.4 Å². The minimum Gasteiger partial charge on any atom is -0.487 e. The van der Waals surface area contributed by atoms with Crippen LogP contribution in [0.25, 0.3) is 16.9 Å². The Morgan fingerprint density at radius 3 is 2.33 bits per heavy atom. The summed E-state index contributed by atoms with van der Waals surface area (Å²) in [7, 11) is 0. The van der Waals surface area contributed by atoms with E-state index in [-0.39, 0.29) is 6.61 Å². The summed E-state index contributed by atoms with van der Waals surface area (Å²) in [5.41, 5.74) is 2.55. The second-order valence-corrected chi connectivity index (χ2v) is 7.69. The van der Waals surface area contributed by atoms with Crippen LogP contribution in [0.1, 0.15) is 5.56 Å². The fourth-order valence-corrected chi connectivity index (χ4v) is 3.65. The molecule has 0 saturated carbocycles. The van der Waals surface area contributed by atoms with Crippen molar-refractivity contribution in [2.24, 2.45) is 0 Å². The number of aromatic nitrogens is 2. The first-order chi connectivity index (χ1) is 14.4. The van der Waals surface area contributed by atoms with Crippen LogP contribution in [0.3, 0.4) is 0 Å². The molecule has 0 aliphatic heterocycles. The van der Waals surface area contributed by atoms with Crippen molar-refractivity contribution in [2.45, 2.75) is 6.61 Å². The predicted octanol–water partition coefficient (Wildman–Crippen LogP) is 7.36. The zero-order chi connectivity index (χ0) is 21.3. The van der Waals surface area contributed by atoms with Crippen molar-refractivity contribution in [1.82, 2.24) is 9.78 Å². The highest BCUT2D eigenvalue weighted by Gasteiger charge is 2.18. The largest absolute Gasteiger partial charge is 0.487 e. The first-order valence-corrected chi connectivity index (χ1v) is 9.92. The molecule has 0 saturated heterocycles. The molecule has 4 rings (SSSR count). The lowest BCUT2D eigenvalue weighted by molar-refractivity contribution is 0.303. The lowest BCUT2D eigenvalue weighted by atomic mass is 10.1. The van der Waals surface area contributed by atoms with E-state index in [1.54, 1.807) is 35.1 Å². The van der Waals surface area contributed by atoms with Crippen molar-refractivity contribution >= 4 is 34.8 Å². The van der Waals surface area contributed by atoms with E-state index in [4.69, 9.17) is 39.5 Å². The average molecular weight is 466 g/mol. The SMILES string of the molecule is Fc1ccc(COc2cc(Cl)cc(Cl)c2-n2nccc2-c2ccc(Cl)cc2)cc1F. The van der Waals surface area contributed by atoms with E-state index in [0.29, 0.717) is 32.1 Å². The molecule has 0 radical (unpaired) electrons. The molecule has 0 spiro atoms. The van der Waals surface area contributed by atoms with Gasteiger partial charge in [0.1, 0.15) is 18.0 Å². The van der Waals surface area contributed by atoms with Crippen molar-refractivity contribution in [3.63, 3.8) is 0 Å². The third-order valence-corrected chi connectivity index (χ3v) is 5.12. The quantitative estimate of drug-likeness (QED) is 0.308. The molecule has 0 N–H and O–H groups in total. The van der Waals surface area contributed by atoms with Crippen molar-refractivity contribution in [3.05, 3.63) is 99.1 Å². The lowest BCUT2D eigenvalue weighted by Crippen LogP contribution is -2.05. The van der Waals surface area contributed by atoms with Gasteiger partial charge in [-0.05, 0) is 42.0 Å². The van der Waals surface area contributed by atoms with Gasteiger partial charge in [0.05, 0.1) is 16.9 Å². The van der Waals surface area contributed by atoms with E-state index in [9.17, 15) is 8.78 Å². The first-order valence-electron chi connectivity index (χ1n) is 8.78. The molecule has 152 valence electrons. The summed E-state index contributed by atoms with van der Waals surface area (Å²) >= 11 is 18.6. The number of nitrogens with zero attached hydrogens (tertiary/aromatic N) is 2. The monoisotopic (exact) mass is 464 g/mol. The van der Waals surface area contributed by atoms with E-state index in [1.165, 1.54) is 6.07 Å². The molecular formula is C22H13Cl3F2N2O. The van der Waals surface area contributed by atoms with E-state index >= 15 is 0 Å². The Morgan fingerprint density at radius 2 is 1.60 bits per heavy atom. The molecule has 0 atom stereocenters. The Hall–Kier alpha value is -2.60. The predicted molar refractivity (Wildman–Crippen MR) is 115 cm³/mol. The van der Waals surface area contributed by atoms with Crippen molar-refractivity contribution in [3.8, 4) is 22.7 Å². The maximum absolute atomic E-state index is 13.5. The minimum atomic E-state index is -0.947. The van der Waals surface area contributed by atoms with Crippen molar-refractivity contribution in [1.29, 1.82) is 0 Å². The van der Waals surface area contributed by atoms with E-state index < -0.39 is 11.6 Å². The summed E-state index contributed by atoms with van der Waals surface area (Å²) in [5.74, 6) is -1.52. The molecule has 0 unspecified atom stereocenters. The summed E-state index contributed by atoms with van der Waals surface area (Å²) in [6.07, 6.45) is 1.63. The van der Waals surface area contributed by atoms with E-state index in [1.807, 2.05) is 18.2 Å². The number of benzene rings is 3. The normalized spacial score (nSPS) is 11.0. The van der Waals surface area contributed by atoms with Gasteiger partial charge < -0.3 is 4.74 Å². The van der Waals surface area contributed by atoms with Crippen molar-refractivity contribution in [2.75, 3.05) is 0 Å². The fraction of sp³-hybridized carbons (Fsp3) is 0.0455. The highest BCUT2D eigenvalue weighted by atomic mass is 35.5. The lowest BCUT2D eigenvalue weighted by Gasteiger charge is -2.16. The highest BCUT2D eigenvalue weighted by Crippen LogP contribution is 2.37. The number of rotatable bonds is 5. The Balaban J connectivity index is 1.73. The van der Waals surface area contributed by atoms with Gasteiger partial charge in [0.15, 0.2) is 11.6 Å². The standard InChI is InChI=1S/C22H13Cl3F2N2O/c23-15-4-2-14(3-5-15)20-7-8-28-29(20)22-17(25)10-16(24)11-21(22)30-12-13-1-6-18(26)19(27)9-13/h1-11H,12H2. The summed E-state index contributed by atoms with van der Waals surface area (Å²) in [6.45, 7) is -0.0155. The van der Waals surface area contributed by atoms with Gasteiger partial charge in [0, 0.05) is 21.7 Å². The number of halogens is 5. The van der Waals surface area contributed by atoms with Crippen LogP contribution in [0.15, 0.2) is 66.9 Å². The third kappa shape index (κ3) is 4.29. The maximum Gasteiger partial charge on any atom is 0.159 e. The number of ether oxygens (including phenoxy) is 1. The van der Waals surface area contributed by atoms with Gasteiger partial charge >= 0.3 is 0 Å². The fourth-order valence-electron chi connectivity index (χ4n) is 2.97. The zero-order valence-electron chi connectivity index (χ0n) is 15.3. The second-order valence-electron chi connectivity index (χ2n) is 6.41. The van der Waals surface area contributed by atoms with Crippen LogP contribution < -0.4 is 4.74 Å². The number of hydrogen-bond donors (Lipinski definition) is 0. The number of hydrogen-bond acceptors (Lipinski definition) is 2. The minimum absolute atomic E-state index is 0.0155. The van der Waals surface area contributed by atoms with Crippen LogP contribution in [0.5, 0.6) is 5.75 Å². The smallest absolute Gasteiger partial charge is 0.159 e. The van der Waals surface area contributed by atoms with Gasteiger partial charge in [0.25, 0.3) is 0 Å². The van der Waals surface area contributed by atoms with Crippen molar-refractivity contribution < 1.29 is 13.5 Å². The van der Waals surface area contributed by atoms with Crippen LogP contribution >= 0.6 is 34.8 Å². The van der Waals surface area contributed by atoms with Gasteiger partial charge in [-0.3, -0.25) is 0 Å². The molecule has 8 heteroatoms. The Labute approximate surface area is 186 Å². The summed E-state index contributed by atoms with van der Waals surface area (Å²) in [6, 6.07) is 15.8. The second kappa shape index (κ2) is 8.64. The molecule has 4 aromatic rings. The molecule has 1 aromatic heterocycles. The molecule has 0 aliphatic carbocycles. The van der Waals surface area contributed by atoms with Crippen LogP contribution in [0.2, 0.25) is 15.1 Å². The van der Waals surface area contributed by atoms with Gasteiger partial charge in [-0.25, -0.2) is 13.5 Å². The first kappa shape index (κ1) is 20.7. The van der Waals surface area contributed by atoms with Gasteiger partial charge in [-0.1, -0.05) is 53.0 Å². The molecule has 3 aromatic carbocycles. The summed E-state index contributed by atoms with van der Waals surface area (Å²) < 4.78 is 34.2. The van der Waals surface area contributed by atoms with Crippen LogP contribution in [0.4, 0.5) is 8.78 Å². The molecule has 0 amide bonds. The Bertz CT molecular complexity index is 1210. The average Bonchev–Trinajstić information content (AvgIpc) is 3.18. The molecular weight excluding hydrogens is 453 g/mol. The molecule has 0 fully saturated rings. The third-order valence-electron chi connectivity index (χ3n) is 4.37. The Kier molecular flexibility index (Phi) is 5.95. The topological polar surface area (TPSA) is 27.1 Å². The summed E-state index contributed by atoms with van der Waals surface area (Å²) in [5, 5.41) is 5.69. The zero-order valence-corrected chi connectivity index (χ0v) is 17.5. The summed E-state index contributed by atoms with van der Waals surface area (Å²) in [4.78, 5) is 0. The van der Waals surface area contributed by atoms with Gasteiger partial charge in [-0.15, -0.1) is 0 Å². The molecule has 0 bridgehead atoms. The maximum atomic E-state index is 13.5. The molecule has 1 heterocycles. The molecule has 3 nitrogen and oxygen atoms in total. The molecule has 30 heavy (non-hydrogen) atoms. The Morgan fingerprint density at radius 1 is 0.833 bits per heavy atom. The van der Waals surface area contributed by atoms with Crippen LogP contribution in [0, 0.1) is 11.6 Å². The van der Waals surface area contributed by atoms with Gasteiger partial charge in [-0.2, -0.15) is 5.10 Å². The van der Waals surface area contributed by atoms with Crippen LogP contribution in [-0.4, -0.2) is 9.78 Å². The van der Waals surface area contributed by atoms with Gasteiger partial charge in [0.2, 0.25) is 0 Å².